The highest BCUT2D eigenvalue weighted by Crippen LogP contribution is 2.32. The van der Waals surface area contributed by atoms with E-state index >= 15 is 0 Å². The minimum Gasteiger partial charge on any atom is -0.390 e. The first-order valence-corrected chi connectivity index (χ1v) is 8.62. The molecule has 4 heteroatoms. The fourth-order valence-electron chi connectivity index (χ4n) is 3.92. The van der Waals surface area contributed by atoms with Crippen LogP contribution in [-0.2, 0) is 6.42 Å². The molecule has 2 N–H and O–H groups in total. The van der Waals surface area contributed by atoms with Gasteiger partial charge in [-0.2, -0.15) is 5.10 Å². The van der Waals surface area contributed by atoms with Crippen molar-refractivity contribution >= 4 is 0 Å². The van der Waals surface area contributed by atoms with Crippen LogP contribution in [0.4, 0.5) is 0 Å². The van der Waals surface area contributed by atoms with Gasteiger partial charge in [-0.15, -0.1) is 0 Å². The summed E-state index contributed by atoms with van der Waals surface area (Å²) in [5.74, 6) is 0. The van der Waals surface area contributed by atoms with Crippen LogP contribution in [0.1, 0.15) is 75.9 Å². The Bertz CT molecular complexity index is 445. The smallest absolute Gasteiger partial charge is 0.0909 e. The van der Waals surface area contributed by atoms with Crippen LogP contribution in [0.2, 0.25) is 0 Å². The molecule has 1 atom stereocenters. The molecule has 118 valence electrons. The molecule has 1 aromatic rings. The van der Waals surface area contributed by atoms with Gasteiger partial charge in [0.05, 0.1) is 23.4 Å². The van der Waals surface area contributed by atoms with Crippen LogP contribution >= 0.6 is 0 Å². The Morgan fingerprint density at radius 3 is 2.52 bits per heavy atom. The molecule has 1 heterocycles. The minimum atomic E-state index is -0.896. The first-order valence-electron chi connectivity index (χ1n) is 8.62. The molecule has 1 aromatic heterocycles. The van der Waals surface area contributed by atoms with Crippen LogP contribution in [0.5, 0.6) is 0 Å². The summed E-state index contributed by atoms with van der Waals surface area (Å²) < 4.78 is 2.08. The Balaban J connectivity index is 1.61. The third kappa shape index (κ3) is 3.49. The van der Waals surface area contributed by atoms with Crippen LogP contribution in [0.15, 0.2) is 12.3 Å². The SMILES string of the molecule is OC(Cc1ccn(C2CCCCC2)n1)C1(O)CCCCC1. The molecule has 2 aliphatic rings. The highest BCUT2D eigenvalue weighted by Gasteiger charge is 2.37. The van der Waals surface area contributed by atoms with Gasteiger partial charge in [0, 0.05) is 12.6 Å². The van der Waals surface area contributed by atoms with Crippen molar-refractivity contribution in [1.82, 2.24) is 9.78 Å². The zero-order valence-electron chi connectivity index (χ0n) is 12.9. The van der Waals surface area contributed by atoms with E-state index < -0.39 is 11.7 Å². The van der Waals surface area contributed by atoms with Gasteiger partial charge in [0.25, 0.3) is 0 Å². The fraction of sp³-hybridized carbons (Fsp3) is 0.824. The lowest BCUT2D eigenvalue weighted by Crippen LogP contribution is -2.45. The molecular weight excluding hydrogens is 264 g/mol. The Morgan fingerprint density at radius 1 is 1.14 bits per heavy atom. The van der Waals surface area contributed by atoms with Gasteiger partial charge in [0.15, 0.2) is 0 Å². The Labute approximate surface area is 127 Å². The average Bonchev–Trinajstić information content (AvgIpc) is 2.97. The number of nitrogens with zero attached hydrogens (tertiary/aromatic N) is 2. The first kappa shape index (κ1) is 15.0. The normalized spacial score (nSPS) is 24.9. The standard InChI is InChI=1S/C17H28N2O2/c20-16(17(21)10-5-2-6-11-17)13-14-9-12-19(18-14)15-7-3-1-4-8-15/h9,12,15-16,20-21H,1-8,10-11,13H2. The van der Waals surface area contributed by atoms with Crippen LogP contribution in [0.25, 0.3) is 0 Å². The number of rotatable bonds is 4. The summed E-state index contributed by atoms with van der Waals surface area (Å²) in [5.41, 5.74) is 0.0134. The maximum Gasteiger partial charge on any atom is 0.0909 e. The third-order valence-electron chi connectivity index (χ3n) is 5.35. The van der Waals surface area contributed by atoms with Crippen LogP contribution in [-0.4, -0.2) is 31.7 Å². The van der Waals surface area contributed by atoms with Gasteiger partial charge in [-0.25, -0.2) is 0 Å². The van der Waals surface area contributed by atoms with Crippen LogP contribution < -0.4 is 0 Å². The van der Waals surface area contributed by atoms with E-state index in [1.54, 1.807) is 0 Å². The number of aliphatic hydroxyl groups is 2. The summed E-state index contributed by atoms with van der Waals surface area (Å²) in [6.45, 7) is 0. The highest BCUT2D eigenvalue weighted by molar-refractivity contribution is 5.05. The number of hydrogen-bond acceptors (Lipinski definition) is 3. The Morgan fingerprint density at radius 2 is 1.81 bits per heavy atom. The highest BCUT2D eigenvalue weighted by atomic mass is 16.3. The van der Waals surface area contributed by atoms with Gasteiger partial charge in [-0.1, -0.05) is 38.5 Å². The summed E-state index contributed by atoms with van der Waals surface area (Å²) in [4.78, 5) is 0. The predicted octanol–water partition coefficient (Wildman–Crippen LogP) is 2.99. The van der Waals surface area contributed by atoms with Crippen molar-refractivity contribution in [3.05, 3.63) is 18.0 Å². The molecule has 0 radical (unpaired) electrons. The number of aromatic nitrogens is 2. The average molecular weight is 292 g/mol. The Hall–Kier alpha value is -0.870. The van der Waals surface area contributed by atoms with Gasteiger partial charge >= 0.3 is 0 Å². The molecular formula is C17H28N2O2. The van der Waals surface area contributed by atoms with Gasteiger partial charge in [-0.3, -0.25) is 4.68 Å². The van der Waals surface area contributed by atoms with E-state index in [4.69, 9.17) is 0 Å². The first-order chi connectivity index (χ1) is 10.2. The summed E-state index contributed by atoms with van der Waals surface area (Å²) >= 11 is 0. The molecule has 0 amide bonds. The lowest BCUT2D eigenvalue weighted by molar-refractivity contribution is -0.0964. The second-order valence-electron chi connectivity index (χ2n) is 6.96. The lowest BCUT2D eigenvalue weighted by Gasteiger charge is -2.36. The van der Waals surface area contributed by atoms with Crippen molar-refractivity contribution in [2.45, 2.75) is 88.4 Å². The van der Waals surface area contributed by atoms with E-state index in [1.165, 1.54) is 38.5 Å². The topological polar surface area (TPSA) is 58.3 Å². The Kier molecular flexibility index (Phi) is 4.65. The largest absolute Gasteiger partial charge is 0.390 e. The van der Waals surface area contributed by atoms with Crippen molar-refractivity contribution in [3.63, 3.8) is 0 Å². The molecule has 0 aliphatic heterocycles. The van der Waals surface area contributed by atoms with E-state index in [2.05, 4.69) is 9.78 Å². The predicted molar refractivity (Wildman–Crippen MR) is 82.1 cm³/mol. The maximum absolute atomic E-state index is 10.6. The summed E-state index contributed by atoms with van der Waals surface area (Å²) in [6.07, 6.45) is 12.8. The molecule has 2 saturated carbocycles. The molecule has 2 aliphatic carbocycles. The van der Waals surface area contributed by atoms with Gasteiger partial charge < -0.3 is 10.2 Å². The minimum absolute atomic E-state index is 0.468. The van der Waals surface area contributed by atoms with Crippen LogP contribution in [0.3, 0.4) is 0 Å². The maximum atomic E-state index is 10.6. The zero-order chi connectivity index (χ0) is 14.7. The van der Waals surface area contributed by atoms with Gasteiger partial charge in [0.2, 0.25) is 0 Å². The van der Waals surface area contributed by atoms with E-state index in [1.807, 2.05) is 12.3 Å². The van der Waals surface area contributed by atoms with Crippen LogP contribution in [0, 0.1) is 0 Å². The van der Waals surface area contributed by atoms with Gasteiger partial charge in [-0.05, 0) is 31.7 Å². The number of hydrogen-bond donors (Lipinski definition) is 2. The lowest BCUT2D eigenvalue weighted by atomic mass is 9.79. The van der Waals surface area contributed by atoms with E-state index in [0.717, 1.165) is 31.4 Å². The van der Waals surface area contributed by atoms with E-state index in [9.17, 15) is 10.2 Å². The third-order valence-corrected chi connectivity index (χ3v) is 5.35. The summed E-state index contributed by atoms with van der Waals surface area (Å²) in [5, 5.41) is 25.6. The number of aliphatic hydroxyl groups excluding tert-OH is 1. The van der Waals surface area contributed by atoms with Crippen molar-refractivity contribution in [2.24, 2.45) is 0 Å². The molecule has 0 spiro atoms. The zero-order valence-corrected chi connectivity index (χ0v) is 12.9. The molecule has 0 saturated heterocycles. The summed E-state index contributed by atoms with van der Waals surface area (Å²) in [6, 6.07) is 2.53. The van der Waals surface area contributed by atoms with E-state index in [0.29, 0.717) is 12.5 Å². The molecule has 0 aromatic carbocycles. The molecule has 4 nitrogen and oxygen atoms in total. The molecule has 21 heavy (non-hydrogen) atoms. The second-order valence-corrected chi connectivity index (χ2v) is 6.96. The second kappa shape index (κ2) is 6.49. The molecule has 3 rings (SSSR count). The van der Waals surface area contributed by atoms with E-state index in [-0.39, 0.29) is 0 Å². The van der Waals surface area contributed by atoms with Crippen molar-refractivity contribution < 1.29 is 10.2 Å². The van der Waals surface area contributed by atoms with Crippen molar-refractivity contribution in [2.75, 3.05) is 0 Å². The fourth-order valence-corrected chi connectivity index (χ4v) is 3.92. The van der Waals surface area contributed by atoms with Crippen molar-refractivity contribution in [1.29, 1.82) is 0 Å². The van der Waals surface area contributed by atoms with Crippen molar-refractivity contribution in [3.8, 4) is 0 Å². The summed E-state index contributed by atoms with van der Waals surface area (Å²) in [7, 11) is 0. The van der Waals surface area contributed by atoms with Gasteiger partial charge in [0.1, 0.15) is 0 Å². The quantitative estimate of drug-likeness (QED) is 0.897. The molecule has 1 unspecified atom stereocenters. The monoisotopic (exact) mass is 292 g/mol. The molecule has 2 fully saturated rings. The molecule has 0 bridgehead atoms.